The van der Waals surface area contributed by atoms with Gasteiger partial charge in [-0.2, -0.15) is 5.10 Å². The topological polar surface area (TPSA) is 57.5 Å². The maximum Gasteiger partial charge on any atom is 0.191 e. The summed E-state index contributed by atoms with van der Waals surface area (Å²) in [5.41, 5.74) is 2.37. The highest BCUT2D eigenvalue weighted by atomic mass is 127. The summed E-state index contributed by atoms with van der Waals surface area (Å²) in [5.74, 6) is 0.867. The summed E-state index contributed by atoms with van der Waals surface area (Å²) < 4.78 is 2.97. The maximum absolute atomic E-state index is 4.70. The molecule has 2 heterocycles. The monoisotopic (exact) mass is 532 g/mol. The Bertz CT molecular complexity index is 715. The van der Waals surface area contributed by atoms with E-state index >= 15 is 0 Å². The molecule has 1 saturated heterocycles. The first kappa shape index (κ1) is 21.0. The Kier molecular flexibility index (Phi) is 8.20. The summed E-state index contributed by atoms with van der Waals surface area (Å²) >= 11 is 3.49. The minimum atomic E-state index is 0. The highest BCUT2D eigenvalue weighted by Gasteiger charge is 2.23. The second-order valence-corrected chi connectivity index (χ2v) is 7.11. The van der Waals surface area contributed by atoms with Crippen LogP contribution in [0.25, 0.3) is 0 Å². The predicted molar refractivity (Wildman–Crippen MR) is 121 cm³/mol. The minimum absolute atomic E-state index is 0. The second kappa shape index (κ2) is 10.1. The van der Waals surface area contributed by atoms with Gasteiger partial charge in [0.25, 0.3) is 0 Å². The third-order valence-corrected chi connectivity index (χ3v) is 4.92. The molecule has 1 unspecified atom stereocenters. The number of aliphatic imine (C=N–C) groups is 1. The van der Waals surface area contributed by atoms with Crippen LogP contribution in [0.5, 0.6) is 0 Å². The van der Waals surface area contributed by atoms with E-state index in [2.05, 4.69) is 67.8 Å². The summed E-state index contributed by atoms with van der Waals surface area (Å²) in [7, 11) is 1.94. The van der Waals surface area contributed by atoms with Crippen LogP contribution in [0.15, 0.2) is 46.0 Å². The normalized spacial score (nSPS) is 17.1. The van der Waals surface area contributed by atoms with Crippen molar-refractivity contribution in [1.82, 2.24) is 20.4 Å². The number of guanidine groups is 1. The Labute approximate surface area is 180 Å². The summed E-state index contributed by atoms with van der Waals surface area (Å²) in [4.78, 5) is 7.11. The molecule has 2 aromatic rings. The number of hydrogen-bond acceptors (Lipinski definition) is 3. The molecular formula is C18H26BrIN6. The molecule has 3 rings (SSSR count). The van der Waals surface area contributed by atoms with Crippen molar-refractivity contribution in [2.45, 2.75) is 25.9 Å². The highest BCUT2D eigenvalue weighted by molar-refractivity contribution is 14.0. The van der Waals surface area contributed by atoms with Crippen LogP contribution >= 0.6 is 39.9 Å². The lowest BCUT2D eigenvalue weighted by atomic mass is 10.3. The Morgan fingerprint density at radius 3 is 2.73 bits per heavy atom. The van der Waals surface area contributed by atoms with Gasteiger partial charge in [0.15, 0.2) is 5.96 Å². The summed E-state index contributed by atoms with van der Waals surface area (Å²) in [6, 6.07) is 10.9. The van der Waals surface area contributed by atoms with Crippen LogP contribution in [0.4, 0.5) is 5.69 Å². The van der Waals surface area contributed by atoms with Crippen molar-refractivity contribution in [1.29, 1.82) is 0 Å². The van der Waals surface area contributed by atoms with Gasteiger partial charge in [0.2, 0.25) is 0 Å². The molecule has 1 aliphatic heterocycles. The minimum Gasteiger partial charge on any atom is -0.369 e. The fourth-order valence-corrected chi connectivity index (χ4v) is 3.26. The van der Waals surface area contributed by atoms with E-state index in [4.69, 9.17) is 4.99 Å². The van der Waals surface area contributed by atoms with Gasteiger partial charge in [-0.25, -0.2) is 4.99 Å². The predicted octanol–water partition coefficient (Wildman–Crippen LogP) is 3.13. The molecule has 1 aliphatic rings. The number of aromatic nitrogens is 2. The number of aryl methyl sites for hydroxylation is 1. The van der Waals surface area contributed by atoms with Crippen molar-refractivity contribution in [3.8, 4) is 0 Å². The van der Waals surface area contributed by atoms with E-state index in [1.807, 2.05) is 17.8 Å². The lowest BCUT2D eigenvalue weighted by Crippen LogP contribution is -2.44. The quantitative estimate of drug-likeness (QED) is 0.353. The van der Waals surface area contributed by atoms with Crippen molar-refractivity contribution in [2.75, 3.05) is 24.5 Å². The largest absolute Gasteiger partial charge is 0.369 e. The van der Waals surface area contributed by atoms with Gasteiger partial charge in [-0.3, -0.25) is 4.68 Å². The molecule has 0 radical (unpaired) electrons. The first-order valence-corrected chi connectivity index (χ1v) is 9.47. The third-order valence-electron chi connectivity index (χ3n) is 4.39. The van der Waals surface area contributed by atoms with Crippen molar-refractivity contribution in [3.63, 3.8) is 0 Å². The van der Waals surface area contributed by atoms with Crippen LogP contribution in [0.2, 0.25) is 0 Å². The molecule has 1 fully saturated rings. The molecule has 1 aromatic heterocycles. The molecule has 1 aromatic carbocycles. The average molecular weight is 533 g/mol. The van der Waals surface area contributed by atoms with E-state index in [1.165, 1.54) is 5.69 Å². The van der Waals surface area contributed by atoms with Crippen LogP contribution < -0.4 is 15.5 Å². The van der Waals surface area contributed by atoms with Gasteiger partial charge in [0.1, 0.15) is 0 Å². The molecule has 0 aliphatic carbocycles. The molecule has 0 spiro atoms. The summed E-state index contributed by atoms with van der Waals surface area (Å²) in [5, 5.41) is 11.1. The number of hydrogen-bond donors (Lipinski definition) is 2. The van der Waals surface area contributed by atoms with E-state index in [0.29, 0.717) is 12.6 Å². The fraction of sp³-hybridized carbons (Fsp3) is 0.444. The highest BCUT2D eigenvalue weighted by Crippen LogP contribution is 2.22. The Hall–Kier alpha value is -1.29. The standard InChI is InChI=1S/C18H25BrN6.HI/c1-3-20-18(21-12-17-8-10-22-24(17)2)23-15-9-11-25(13-15)16-6-4-14(19)5-7-16;/h4-8,10,15H,3,9,11-13H2,1-2H3,(H2,20,21,23);1H. The lowest BCUT2D eigenvalue weighted by molar-refractivity contribution is 0.645. The van der Waals surface area contributed by atoms with Crippen molar-refractivity contribution >= 4 is 51.6 Å². The molecule has 142 valence electrons. The SMILES string of the molecule is CCNC(=NCc1ccnn1C)NC1CCN(c2ccc(Br)cc2)C1.I. The van der Waals surface area contributed by atoms with E-state index in [9.17, 15) is 0 Å². The Morgan fingerprint density at radius 1 is 1.31 bits per heavy atom. The van der Waals surface area contributed by atoms with Gasteiger partial charge in [-0.1, -0.05) is 15.9 Å². The zero-order valence-electron chi connectivity index (χ0n) is 15.2. The van der Waals surface area contributed by atoms with Gasteiger partial charge in [-0.15, -0.1) is 24.0 Å². The molecule has 8 heteroatoms. The van der Waals surface area contributed by atoms with Crippen molar-refractivity contribution in [2.24, 2.45) is 12.0 Å². The third kappa shape index (κ3) is 5.60. The second-order valence-electron chi connectivity index (χ2n) is 6.19. The molecular weight excluding hydrogens is 507 g/mol. The number of nitrogens with zero attached hydrogens (tertiary/aromatic N) is 4. The Balaban J connectivity index is 0.00000243. The number of halogens is 2. The molecule has 0 bridgehead atoms. The summed E-state index contributed by atoms with van der Waals surface area (Å²) in [6.45, 7) is 5.59. The van der Waals surface area contributed by atoms with Gasteiger partial charge in [0, 0.05) is 49.1 Å². The van der Waals surface area contributed by atoms with Crippen LogP contribution in [0, 0.1) is 0 Å². The van der Waals surface area contributed by atoms with Gasteiger partial charge in [0.05, 0.1) is 12.2 Å². The number of benzene rings is 1. The van der Waals surface area contributed by atoms with E-state index in [1.54, 1.807) is 6.20 Å². The molecule has 26 heavy (non-hydrogen) atoms. The van der Waals surface area contributed by atoms with E-state index in [0.717, 1.165) is 42.2 Å². The molecule has 6 nitrogen and oxygen atoms in total. The number of rotatable bonds is 5. The maximum atomic E-state index is 4.70. The number of anilines is 1. The molecule has 1 atom stereocenters. The fourth-order valence-electron chi connectivity index (χ4n) is 2.99. The van der Waals surface area contributed by atoms with E-state index < -0.39 is 0 Å². The average Bonchev–Trinajstić information content (AvgIpc) is 3.23. The van der Waals surface area contributed by atoms with Crippen molar-refractivity contribution < 1.29 is 0 Å². The van der Waals surface area contributed by atoms with E-state index in [-0.39, 0.29) is 24.0 Å². The lowest BCUT2D eigenvalue weighted by Gasteiger charge is -2.20. The zero-order valence-corrected chi connectivity index (χ0v) is 19.1. The molecule has 0 saturated carbocycles. The van der Waals surface area contributed by atoms with Crippen LogP contribution in [-0.4, -0.2) is 41.4 Å². The first-order chi connectivity index (χ1) is 12.2. The van der Waals surface area contributed by atoms with Crippen molar-refractivity contribution in [3.05, 3.63) is 46.7 Å². The van der Waals surface area contributed by atoms with Gasteiger partial charge >= 0.3 is 0 Å². The van der Waals surface area contributed by atoms with Gasteiger partial charge in [-0.05, 0) is 43.7 Å². The Morgan fingerprint density at radius 2 is 2.08 bits per heavy atom. The molecule has 2 N–H and O–H groups in total. The van der Waals surface area contributed by atoms with Crippen LogP contribution in [0.3, 0.4) is 0 Å². The van der Waals surface area contributed by atoms with Crippen LogP contribution in [0.1, 0.15) is 19.0 Å². The first-order valence-electron chi connectivity index (χ1n) is 8.68. The summed E-state index contributed by atoms with van der Waals surface area (Å²) in [6.07, 6.45) is 2.91. The van der Waals surface area contributed by atoms with Crippen LogP contribution in [-0.2, 0) is 13.6 Å². The van der Waals surface area contributed by atoms with Gasteiger partial charge < -0.3 is 15.5 Å². The zero-order chi connectivity index (χ0) is 17.6. The number of nitrogens with one attached hydrogen (secondary N) is 2. The molecule has 0 amide bonds. The smallest absolute Gasteiger partial charge is 0.191 e.